The summed E-state index contributed by atoms with van der Waals surface area (Å²) >= 11 is 0. The van der Waals surface area contributed by atoms with Crippen molar-refractivity contribution in [2.45, 2.75) is 39.2 Å². The van der Waals surface area contributed by atoms with Gasteiger partial charge in [0, 0.05) is 27.4 Å². The highest BCUT2D eigenvalue weighted by Gasteiger charge is 2.18. The van der Waals surface area contributed by atoms with Crippen LogP contribution in [0.3, 0.4) is 0 Å². The van der Waals surface area contributed by atoms with Gasteiger partial charge in [0.05, 0.1) is 6.04 Å². The van der Waals surface area contributed by atoms with Gasteiger partial charge in [0.1, 0.15) is 0 Å². The third-order valence-corrected chi connectivity index (χ3v) is 2.45. The van der Waals surface area contributed by atoms with E-state index in [1.54, 1.807) is 7.05 Å². The fourth-order valence-electron chi connectivity index (χ4n) is 1.52. The van der Waals surface area contributed by atoms with Crippen molar-refractivity contribution in [3.05, 3.63) is 0 Å². The predicted molar refractivity (Wildman–Crippen MR) is 77.4 cm³/mol. The van der Waals surface area contributed by atoms with Gasteiger partial charge < -0.3 is 15.7 Å². The monoisotopic (exact) mass is 294 g/mol. The van der Waals surface area contributed by atoms with Gasteiger partial charge in [-0.3, -0.25) is 19.3 Å². The summed E-state index contributed by atoms with van der Waals surface area (Å²) < 4.78 is 0. The molecule has 3 N–H and O–H groups in total. The molecule has 0 bridgehead atoms. The standard InChI is InChI=1S/C11H23N3O2.C2H4O2/c1-9(15)13-8-6-5-7-10(14(3)4)11(16)12-2;1-2(3)4/h10H,5-8H2,1-4H3,(H,12,16)(H,13,15);1H3,(H,3,4)/i2+1,3+1,14+1;1+1,2+1. The van der Waals surface area contributed by atoms with Crippen LogP contribution in [0.1, 0.15) is 33.1 Å². The Labute approximate surface area is 120 Å². The van der Waals surface area contributed by atoms with E-state index in [9.17, 15) is 9.59 Å². The molecule has 20 heavy (non-hydrogen) atoms. The smallest absolute Gasteiger partial charge is 0.300 e. The zero-order valence-corrected chi connectivity index (χ0v) is 13.0. The normalized spacial score (nSPS) is 11.1. The highest BCUT2D eigenvalue weighted by atomic mass is 16.5. The number of aliphatic carboxylic acids is 1. The van der Waals surface area contributed by atoms with Crippen molar-refractivity contribution in [3.63, 3.8) is 0 Å². The minimum absolute atomic E-state index is 0.00420. The lowest BCUT2D eigenvalue weighted by molar-refractivity contribution is -0.134. The SMILES string of the molecule is CC(=O)NCCCCC(C(=O)N[13CH3])[15N](C)[13CH3].[13CH3][13C](=O)O. The van der Waals surface area contributed by atoms with Gasteiger partial charge >= 0.3 is 0 Å². The molecule has 0 aliphatic heterocycles. The summed E-state index contributed by atoms with van der Waals surface area (Å²) in [5, 5.41) is 12.8. The Balaban J connectivity index is 0. The number of nitrogens with one attached hydrogen (secondary N) is 2. The van der Waals surface area contributed by atoms with Crippen molar-refractivity contribution in [2.75, 3.05) is 27.7 Å². The topological polar surface area (TPSA) is 98.7 Å². The van der Waals surface area contributed by atoms with Gasteiger partial charge in [0.25, 0.3) is 5.97 Å². The molecular formula is C13H27N3O4. The number of amides is 2. The minimum atomic E-state index is -0.833. The number of nitrogens with zero attached hydrogens (tertiary/aromatic N) is 1. The predicted octanol–water partition coefficient (Wildman–Crippen LogP) is 0.0599. The first-order valence-corrected chi connectivity index (χ1v) is 6.54. The number of carbonyl (C=O) groups excluding carboxylic acids is 2. The molecule has 7 heteroatoms. The maximum absolute atomic E-state index is 11.5. The molecule has 0 aromatic carbocycles. The van der Waals surface area contributed by atoms with E-state index in [-0.39, 0.29) is 17.9 Å². The molecule has 0 fully saturated rings. The molecule has 0 aliphatic rings. The maximum atomic E-state index is 11.5. The number of carbonyl (C=O) groups is 3. The van der Waals surface area contributed by atoms with Gasteiger partial charge in [-0.05, 0) is 33.4 Å². The van der Waals surface area contributed by atoms with Gasteiger partial charge in [-0.25, -0.2) is 0 Å². The molecule has 0 heterocycles. The van der Waals surface area contributed by atoms with Crippen LogP contribution in [0.2, 0.25) is 0 Å². The van der Waals surface area contributed by atoms with Gasteiger partial charge in [0.2, 0.25) is 11.8 Å². The summed E-state index contributed by atoms with van der Waals surface area (Å²) in [6.07, 6.45) is 2.64. The van der Waals surface area contributed by atoms with Crippen LogP contribution in [0.5, 0.6) is 0 Å². The number of hydrogen-bond acceptors (Lipinski definition) is 4. The van der Waals surface area contributed by atoms with Crippen molar-refractivity contribution in [3.8, 4) is 0 Å². The van der Waals surface area contributed by atoms with Crippen molar-refractivity contribution >= 4 is 17.8 Å². The van der Waals surface area contributed by atoms with E-state index < -0.39 is 5.97 Å². The van der Waals surface area contributed by atoms with Crippen LogP contribution in [-0.4, -0.2) is 61.5 Å². The van der Waals surface area contributed by atoms with E-state index in [4.69, 9.17) is 9.90 Å². The Bertz CT molecular complexity index is 302. The number of rotatable bonds is 7. The molecule has 0 saturated carbocycles. The quantitative estimate of drug-likeness (QED) is 0.350. The lowest BCUT2D eigenvalue weighted by Gasteiger charge is -2.22. The molecule has 1 unspecified atom stereocenters. The van der Waals surface area contributed by atoms with Crippen LogP contribution in [0.15, 0.2) is 0 Å². The van der Waals surface area contributed by atoms with Crippen LogP contribution < -0.4 is 10.6 Å². The zero-order valence-electron chi connectivity index (χ0n) is 13.0. The Morgan fingerprint density at radius 3 is 2.00 bits per heavy atom. The first kappa shape index (κ1) is 20.7. The van der Waals surface area contributed by atoms with Crippen LogP contribution in [0, 0.1) is 0 Å². The van der Waals surface area contributed by atoms with E-state index >= 15 is 0 Å². The molecule has 7 nitrogen and oxygen atoms in total. The maximum Gasteiger partial charge on any atom is 0.300 e. The zero-order chi connectivity index (χ0) is 16.1. The summed E-state index contributed by atoms with van der Waals surface area (Å²) in [4.78, 5) is 33.0. The van der Waals surface area contributed by atoms with Crippen molar-refractivity contribution < 1.29 is 19.5 Å². The summed E-state index contributed by atoms with van der Waals surface area (Å²) in [6, 6.07) is -0.0812. The number of carboxylic acids is 1. The van der Waals surface area contributed by atoms with Crippen molar-refractivity contribution in [1.82, 2.24) is 15.5 Å². The highest BCUT2D eigenvalue weighted by Crippen LogP contribution is 2.05. The Kier molecular flexibility index (Phi) is 12.8. The van der Waals surface area contributed by atoms with Crippen LogP contribution in [0.25, 0.3) is 0 Å². The highest BCUT2D eigenvalue weighted by molar-refractivity contribution is 5.81. The second-order valence-electron chi connectivity index (χ2n) is 4.59. The van der Waals surface area contributed by atoms with Crippen LogP contribution >= 0.6 is 0 Å². The summed E-state index contributed by atoms with van der Waals surface area (Å²) in [6.45, 7) is 3.27. The fourth-order valence-corrected chi connectivity index (χ4v) is 1.52. The Morgan fingerprint density at radius 2 is 1.65 bits per heavy atom. The average molecular weight is 294 g/mol. The molecule has 0 aliphatic carbocycles. The van der Waals surface area contributed by atoms with Crippen LogP contribution in [-0.2, 0) is 14.4 Å². The number of likely N-dealkylation sites (N-methyl/N-ethyl adjacent to an activating group) is 2. The average Bonchev–Trinajstić information content (AvgIpc) is 2.31. The first-order valence-electron chi connectivity index (χ1n) is 6.54. The second kappa shape index (κ2) is 12.4. The largest absolute Gasteiger partial charge is 0.481 e. The van der Waals surface area contributed by atoms with E-state index in [1.165, 1.54) is 6.92 Å². The summed E-state index contributed by atoms with van der Waals surface area (Å²) in [7, 11) is 5.44. The summed E-state index contributed by atoms with van der Waals surface area (Å²) in [5.74, 6) is -0.792. The molecule has 0 aromatic rings. The van der Waals surface area contributed by atoms with E-state index in [1.807, 2.05) is 19.0 Å². The van der Waals surface area contributed by atoms with E-state index in [2.05, 4.69) is 10.6 Å². The van der Waals surface area contributed by atoms with Gasteiger partial charge in [-0.15, -0.1) is 0 Å². The molecule has 1 atom stereocenters. The number of hydrogen-bond donors (Lipinski definition) is 3. The lowest BCUT2D eigenvalue weighted by Crippen LogP contribution is -2.42. The number of carboxylic acid groups (broad SMARTS) is 1. The summed E-state index contributed by atoms with van der Waals surface area (Å²) in [5.41, 5.74) is 0. The molecule has 0 rings (SSSR count). The molecule has 0 aromatic heterocycles. The van der Waals surface area contributed by atoms with Crippen molar-refractivity contribution in [2.24, 2.45) is 0 Å². The number of unbranched alkanes of at least 4 members (excludes halogenated alkanes) is 1. The minimum Gasteiger partial charge on any atom is -0.481 e. The fraction of sp³-hybridized carbons (Fsp3) is 0.769. The third kappa shape index (κ3) is 14.4. The van der Waals surface area contributed by atoms with Crippen LogP contribution in [0.4, 0.5) is 0 Å². The van der Waals surface area contributed by atoms with E-state index in [0.29, 0.717) is 6.54 Å². The molecule has 0 spiro atoms. The van der Waals surface area contributed by atoms with Crippen molar-refractivity contribution in [1.29, 1.82) is 0 Å². The van der Waals surface area contributed by atoms with E-state index in [0.717, 1.165) is 26.2 Å². The molecular weight excluding hydrogens is 267 g/mol. The Morgan fingerprint density at radius 1 is 1.15 bits per heavy atom. The second-order valence-corrected chi connectivity index (χ2v) is 4.59. The lowest BCUT2D eigenvalue weighted by atomic mass is 10.1. The first-order chi connectivity index (χ1) is 9.22. The third-order valence-electron chi connectivity index (χ3n) is 2.45. The molecule has 118 valence electrons. The Hall–Kier alpha value is -1.63. The van der Waals surface area contributed by atoms with Gasteiger partial charge in [-0.2, -0.15) is 0 Å². The molecule has 2 amide bonds. The molecule has 0 radical (unpaired) electrons. The molecule has 0 saturated heterocycles. The van der Waals surface area contributed by atoms with Gasteiger partial charge in [-0.1, -0.05) is 0 Å². The van der Waals surface area contributed by atoms with Gasteiger partial charge in [0.15, 0.2) is 0 Å².